The Balaban J connectivity index is 2.36. The maximum atomic E-state index is 12.1. The zero-order chi connectivity index (χ0) is 17.3. The van der Waals surface area contributed by atoms with Crippen molar-refractivity contribution >= 4 is 69.7 Å². The second-order valence-electron chi connectivity index (χ2n) is 4.09. The lowest BCUT2D eigenvalue weighted by Crippen LogP contribution is -2.09. The molecule has 2 aromatic rings. The number of carbonyl (C=O) groups is 1. The van der Waals surface area contributed by atoms with Gasteiger partial charge >= 0.3 is 5.97 Å². The van der Waals surface area contributed by atoms with Crippen LogP contribution < -0.4 is 4.74 Å². The molecule has 23 heavy (non-hydrogen) atoms. The van der Waals surface area contributed by atoms with Crippen molar-refractivity contribution in [3.05, 3.63) is 65.1 Å². The molecule has 0 N–H and O–H groups in total. The van der Waals surface area contributed by atoms with Crippen molar-refractivity contribution in [1.82, 2.24) is 0 Å². The largest absolute Gasteiger partial charge is 0.420 e. The van der Waals surface area contributed by atoms with Gasteiger partial charge in [0.1, 0.15) is 10.0 Å². The minimum atomic E-state index is -0.849. The molecule has 120 valence electrons. The summed E-state index contributed by atoms with van der Waals surface area (Å²) in [5.41, 5.74) is -0.125. The Kier molecular flexibility index (Phi) is 5.60. The average Bonchev–Trinajstić information content (AvgIpc) is 2.55. The maximum Gasteiger partial charge on any atom is 0.343 e. The number of benzene rings is 2. The van der Waals surface area contributed by atoms with Gasteiger partial charge in [-0.25, -0.2) is 4.79 Å². The molecule has 0 fully saturated rings. The first kappa shape index (κ1) is 18.1. The van der Waals surface area contributed by atoms with Gasteiger partial charge in [0.05, 0.1) is 25.6 Å². The fourth-order valence-electron chi connectivity index (χ4n) is 1.55. The van der Waals surface area contributed by atoms with Crippen LogP contribution in [0.1, 0.15) is 10.4 Å². The van der Waals surface area contributed by atoms with Crippen molar-refractivity contribution in [1.29, 1.82) is 0 Å². The molecule has 0 aromatic heterocycles. The molecule has 0 aliphatic carbocycles. The first-order chi connectivity index (χ1) is 10.7. The molecule has 0 heterocycles. The molecular weight excluding hydrogens is 411 g/mol. The number of hydrogen-bond donors (Lipinski definition) is 0. The van der Waals surface area contributed by atoms with Gasteiger partial charge in [-0.1, -0.05) is 58.0 Å². The third kappa shape index (κ3) is 3.65. The van der Waals surface area contributed by atoms with Crippen LogP contribution in [0.5, 0.6) is 5.75 Å². The molecule has 0 radical (unpaired) electrons. The van der Waals surface area contributed by atoms with Crippen LogP contribution in [-0.4, -0.2) is 10.9 Å². The van der Waals surface area contributed by atoms with E-state index < -0.39 is 10.9 Å². The van der Waals surface area contributed by atoms with Crippen molar-refractivity contribution in [3.63, 3.8) is 0 Å². The van der Waals surface area contributed by atoms with Crippen LogP contribution in [0.15, 0.2) is 24.3 Å². The summed E-state index contributed by atoms with van der Waals surface area (Å²) in [6.45, 7) is 0. The average molecular weight is 415 g/mol. The van der Waals surface area contributed by atoms with Crippen LogP contribution in [0, 0.1) is 10.1 Å². The highest BCUT2D eigenvalue weighted by atomic mass is 35.5. The molecule has 2 rings (SSSR count). The molecule has 0 atom stereocenters. The zero-order valence-corrected chi connectivity index (χ0v) is 14.6. The molecule has 0 unspecified atom stereocenters. The number of carbonyl (C=O) groups excluding carboxylic acids is 1. The number of esters is 1. The monoisotopic (exact) mass is 413 g/mol. The Morgan fingerprint density at radius 1 is 0.870 bits per heavy atom. The molecular formula is C13H4Cl5NO4. The lowest BCUT2D eigenvalue weighted by Gasteiger charge is -2.12. The standard InChI is InChI=1S/C13H4Cl5NO4/c14-7-8(15)10(17)12(11(18)9(7)16)23-13(20)5-1-3-6(4-2-5)19(21)22/h1-4H. The van der Waals surface area contributed by atoms with E-state index in [0.717, 1.165) is 12.1 Å². The van der Waals surface area contributed by atoms with Gasteiger partial charge in [0.25, 0.3) is 5.69 Å². The van der Waals surface area contributed by atoms with Crippen molar-refractivity contribution in [2.75, 3.05) is 0 Å². The smallest absolute Gasteiger partial charge is 0.343 e. The van der Waals surface area contributed by atoms with E-state index in [4.69, 9.17) is 62.7 Å². The number of halogens is 5. The summed E-state index contributed by atoms with van der Waals surface area (Å²) in [5, 5.41) is 9.92. The van der Waals surface area contributed by atoms with Gasteiger partial charge in [-0.15, -0.1) is 0 Å². The molecule has 0 spiro atoms. The van der Waals surface area contributed by atoms with Gasteiger partial charge in [-0.05, 0) is 12.1 Å². The van der Waals surface area contributed by atoms with Crippen molar-refractivity contribution in [3.8, 4) is 5.75 Å². The summed E-state index contributed by atoms with van der Waals surface area (Å²) in [4.78, 5) is 22.1. The normalized spacial score (nSPS) is 10.5. The molecule has 0 aliphatic rings. The Morgan fingerprint density at radius 2 is 1.30 bits per heavy atom. The van der Waals surface area contributed by atoms with Crippen LogP contribution in [0.3, 0.4) is 0 Å². The Hall–Kier alpha value is -1.24. The summed E-state index contributed by atoms with van der Waals surface area (Å²) in [6, 6.07) is 4.76. The second-order valence-corrected chi connectivity index (χ2v) is 5.98. The first-order valence-electron chi connectivity index (χ1n) is 5.72. The highest BCUT2D eigenvalue weighted by Gasteiger charge is 2.23. The van der Waals surface area contributed by atoms with Gasteiger partial charge < -0.3 is 4.74 Å². The molecule has 0 bridgehead atoms. The third-order valence-electron chi connectivity index (χ3n) is 2.68. The fourth-order valence-corrected chi connectivity index (χ4v) is 2.74. The van der Waals surface area contributed by atoms with E-state index in [1.165, 1.54) is 12.1 Å². The van der Waals surface area contributed by atoms with E-state index in [1.807, 2.05) is 0 Å². The number of nitro groups is 1. The van der Waals surface area contributed by atoms with Gasteiger partial charge in [0.2, 0.25) is 0 Å². The quantitative estimate of drug-likeness (QED) is 0.152. The number of hydrogen-bond acceptors (Lipinski definition) is 4. The van der Waals surface area contributed by atoms with Gasteiger partial charge in [-0.3, -0.25) is 10.1 Å². The van der Waals surface area contributed by atoms with E-state index in [9.17, 15) is 14.9 Å². The molecule has 5 nitrogen and oxygen atoms in total. The molecule has 0 saturated heterocycles. The molecule has 0 amide bonds. The lowest BCUT2D eigenvalue weighted by molar-refractivity contribution is -0.384. The summed E-state index contributed by atoms with van der Waals surface area (Å²) < 4.78 is 5.08. The van der Waals surface area contributed by atoms with Gasteiger partial charge in [0.15, 0.2) is 5.75 Å². The van der Waals surface area contributed by atoms with Crippen LogP contribution in [0.4, 0.5) is 5.69 Å². The van der Waals surface area contributed by atoms with Crippen LogP contribution in [-0.2, 0) is 0 Å². The summed E-state index contributed by atoms with van der Waals surface area (Å²) >= 11 is 29.5. The molecule has 2 aromatic carbocycles. The number of ether oxygens (including phenoxy) is 1. The number of rotatable bonds is 3. The van der Waals surface area contributed by atoms with Crippen LogP contribution in [0.25, 0.3) is 0 Å². The summed E-state index contributed by atoms with van der Waals surface area (Å²) in [7, 11) is 0. The summed E-state index contributed by atoms with van der Waals surface area (Å²) in [6.07, 6.45) is 0. The SMILES string of the molecule is O=C(Oc1c(Cl)c(Cl)c(Cl)c(Cl)c1Cl)c1ccc([N+](=O)[O-])cc1. The minimum Gasteiger partial charge on any atom is -0.420 e. The molecule has 0 saturated carbocycles. The Morgan fingerprint density at radius 3 is 1.74 bits per heavy atom. The number of non-ortho nitro benzene ring substituents is 1. The van der Waals surface area contributed by atoms with E-state index in [-0.39, 0.29) is 42.1 Å². The zero-order valence-electron chi connectivity index (χ0n) is 10.8. The van der Waals surface area contributed by atoms with E-state index in [2.05, 4.69) is 0 Å². The van der Waals surface area contributed by atoms with E-state index in [1.54, 1.807) is 0 Å². The van der Waals surface area contributed by atoms with Crippen LogP contribution in [0.2, 0.25) is 25.1 Å². The Bertz CT molecular complexity index is 778. The van der Waals surface area contributed by atoms with Crippen molar-refractivity contribution < 1.29 is 14.5 Å². The van der Waals surface area contributed by atoms with Crippen molar-refractivity contribution in [2.24, 2.45) is 0 Å². The highest BCUT2D eigenvalue weighted by Crippen LogP contribution is 2.48. The van der Waals surface area contributed by atoms with Crippen LogP contribution >= 0.6 is 58.0 Å². The number of nitro benzene ring substituents is 1. The Labute approximate surface area is 154 Å². The minimum absolute atomic E-state index is 0.0462. The predicted molar refractivity (Wildman–Crippen MR) is 89.5 cm³/mol. The first-order valence-corrected chi connectivity index (χ1v) is 7.61. The highest BCUT2D eigenvalue weighted by molar-refractivity contribution is 6.55. The maximum absolute atomic E-state index is 12.1. The molecule has 0 aliphatic heterocycles. The molecule has 10 heteroatoms. The fraction of sp³-hybridized carbons (Fsp3) is 0. The second kappa shape index (κ2) is 7.11. The van der Waals surface area contributed by atoms with Gasteiger partial charge in [0, 0.05) is 12.1 Å². The van der Waals surface area contributed by atoms with Crippen molar-refractivity contribution in [2.45, 2.75) is 0 Å². The van der Waals surface area contributed by atoms with Gasteiger partial charge in [-0.2, -0.15) is 0 Å². The predicted octanol–water partition coefficient (Wildman–Crippen LogP) is 6.08. The van der Waals surface area contributed by atoms with E-state index >= 15 is 0 Å². The summed E-state index contributed by atoms with van der Waals surface area (Å²) in [5.74, 6) is -1.10. The lowest BCUT2D eigenvalue weighted by atomic mass is 10.2. The number of nitrogens with zero attached hydrogens (tertiary/aromatic N) is 1. The van der Waals surface area contributed by atoms with E-state index in [0.29, 0.717) is 0 Å². The topological polar surface area (TPSA) is 69.4 Å². The third-order valence-corrected chi connectivity index (χ3v) is 4.92.